The first-order valence-electron chi connectivity index (χ1n) is 19.2. The van der Waals surface area contributed by atoms with Crippen molar-refractivity contribution >= 4 is 21.8 Å². The van der Waals surface area contributed by atoms with Gasteiger partial charge in [-0.2, -0.15) is 0 Å². The zero-order valence-corrected chi connectivity index (χ0v) is 30.4. The van der Waals surface area contributed by atoms with Gasteiger partial charge in [0.25, 0.3) is 0 Å². The second kappa shape index (κ2) is 11.8. The van der Waals surface area contributed by atoms with Crippen LogP contribution in [0.1, 0.15) is 22.3 Å². The molecule has 3 nitrogen and oxygen atoms in total. The molecule has 0 atom stereocenters. The Morgan fingerprint density at radius 3 is 1.48 bits per heavy atom. The minimum atomic E-state index is -0.429. The van der Waals surface area contributed by atoms with Crippen LogP contribution in [0.5, 0.6) is 0 Å². The van der Waals surface area contributed by atoms with Gasteiger partial charge in [-0.1, -0.05) is 176 Å². The highest BCUT2D eigenvalue weighted by molar-refractivity contribution is 6.13. The number of benzene rings is 8. The Morgan fingerprint density at radius 2 is 0.857 bits per heavy atom. The van der Waals surface area contributed by atoms with Gasteiger partial charge in [0, 0.05) is 28.0 Å². The molecule has 3 heteroatoms. The van der Waals surface area contributed by atoms with Crippen LogP contribution in [0, 0.1) is 0 Å². The Kier molecular flexibility index (Phi) is 6.55. The lowest BCUT2D eigenvalue weighted by molar-refractivity contribution is 0.795. The summed E-state index contributed by atoms with van der Waals surface area (Å²) in [5.41, 5.74) is 17.6. The maximum atomic E-state index is 5.39. The van der Waals surface area contributed by atoms with E-state index >= 15 is 0 Å². The predicted octanol–water partition coefficient (Wildman–Crippen LogP) is 12.9. The van der Waals surface area contributed by atoms with Crippen molar-refractivity contribution in [2.75, 3.05) is 0 Å². The van der Waals surface area contributed by atoms with E-state index in [0.717, 1.165) is 39.2 Å². The molecule has 56 heavy (non-hydrogen) atoms. The summed E-state index contributed by atoms with van der Waals surface area (Å²) in [5.74, 6) is 1.53. The number of hydrogen-bond donors (Lipinski definition) is 0. The molecule has 0 unspecified atom stereocenters. The fraction of sp³-hybridized carbons (Fsp3) is 0.0189. The van der Waals surface area contributed by atoms with Gasteiger partial charge in [0.2, 0.25) is 0 Å². The minimum Gasteiger partial charge on any atom is -0.294 e. The number of hydrogen-bond acceptors (Lipinski definition) is 2. The number of nitrogens with zero attached hydrogens (tertiary/aromatic N) is 3. The molecule has 8 aromatic carbocycles. The summed E-state index contributed by atoms with van der Waals surface area (Å²) in [5, 5.41) is 2.39. The third-order valence-corrected chi connectivity index (χ3v) is 12.0. The Hall–Kier alpha value is -7.36. The smallest absolute Gasteiger partial charge is 0.162 e. The first kappa shape index (κ1) is 31.0. The Morgan fingerprint density at radius 1 is 0.339 bits per heavy atom. The summed E-state index contributed by atoms with van der Waals surface area (Å²) in [7, 11) is 0. The summed E-state index contributed by atoms with van der Waals surface area (Å²) in [6.45, 7) is 0. The highest BCUT2D eigenvalue weighted by Crippen LogP contribution is 2.63. The highest BCUT2D eigenvalue weighted by atomic mass is 15.1. The van der Waals surface area contributed by atoms with E-state index in [2.05, 4.69) is 193 Å². The van der Waals surface area contributed by atoms with Gasteiger partial charge in [-0.25, -0.2) is 9.97 Å². The van der Waals surface area contributed by atoms with E-state index in [1.54, 1.807) is 0 Å². The maximum absolute atomic E-state index is 5.39. The van der Waals surface area contributed by atoms with Crippen molar-refractivity contribution in [3.8, 4) is 61.8 Å². The topological polar surface area (TPSA) is 30.7 Å². The van der Waals surface area contributed by atoms with E-state index in [9.17, 15) is 0 Å². The third kappa shape index (κ3) is 4.28. The molecule has 2 aromatic heterocycles. The van der Waals surface area contributed by atoms with Gasteiger partial charge in [0.1, 0.15) is 5.82 Å². The van der Waals surface area contributed by atoms with Crippen molar-refractivity contribution in [1.82, 2.24) is 14.5 Å². The molecule has 0 radical (unpaired) electrons. The quantitative estimate of drug-likeness (QED) is 0.182. The molecular weight excluding hydrogens is 679 g/mol. The molecule has 0 saturated heterocycles. The van der Waals surface area contributed by atoms with Crippen molar-refractivity contribution in [1.29, 1.82) is 0 Å². The van der Waals surface area contributed by atoms with Crippen LogP contribution in [0.15, 0.2) is 200 Å². The molecule has 0 bridgehead atoms. The molecule has 2 aliphatic carbocycles. The zero-order chi connectivity index (χ0) is 36.8. The van der Waals surface area contributed by atoms with Crippen LogP contribution >= 0.6 is 0 Å². The molecule has 0 amide bonds. The molecule has 0 N–H and O–H groups in total. The summed E-state index contributed by atoms with van der Waals surface area (Å²) >= 11 is 0. The normalized spacial score (nSPS) is 13.1. The SMILES string of the molecule is c1ccc(-c2ccc3c4cc5c(cc4n(-c4cc(-c6ccccc6)nc(-c6ccccc6)n4)c3c2)-c2ccccc2C52c3ccccc3-c3ccccc32)cc1. The predicted molar refractivity (Wildman–Crippen MR) is 229 cm³/mol. The van der Waals surface area contributed by atoms with E-state index in [1.807, 2.05) is 12.1 Å². The minimum absolute atomic E-state index is 0.429. The fourth-order valence-corrected chi connectivity index (χ4v) is 9.68. The second-order valence-corrected chi connectivity index (χ2v) is 14.9. The van der Waals surface area contributed by atoms with Gasteiger partial charge >= 0.3 is 0 Å². The number of rotatable bonds is 4. The number of fused-ring (bicyclic) bond motifs is 13. The van der Waals surface area contributed by atoms with Crippen molar-refractivity contribution in [3.63, 3.8) is 0 Å². The van der Waals surface area contributed by atoms with Crippen LogP contribution in [0.4, 0.5) is 0 Å². The molecule has 0 fully saturated rings. The van der Waals surface area contributed by atoms with Crippen LogP contribution in [0.2, 0.25) is 0 Å². The molecule has 2 heterocycles. The van der Waals surface area contributed by atoms with E-state index < -0.39 is 5.41 Å². The third-order valence-electron chi connectivity index (χ3n) is 12.0. The van der Waals surface area contributed by atoms with Crippen molar-refractivity contribution in [2.45, 2.75) is 5.41 Å². The van der Waals surface area contributed by atoms with E-state index in [-0.39, 0.29) is 0 Å². The van der Waals surface area contributed by atoms with E-state index in [4.69, 9.17) is 9.97 Å². The van der Waals surface area contributed by atoms with Gasteiger partial charge in [-0.3, -0.25) is 4.57 Å². The van der Waals surface area contributed by atoms with Gasteiger partial charge < -0.3 is 0 Å². The van der Waals surface area contributed by atoms with Crippen LogP contribution in [-0.2, 0) is 5.41 Å². The molecule has 0 aliphatic heterocycles. The Balaban J connectivity index is 1.21. The molecule has 260 valence electrons. The summed E-state index contributed by atoms with van der Waals surface area (Å²) < 4.78 is 2.38. The lowest BCUT2D eigenvalue weighted by Gasteiger charge is -2.30. The van der Waals surface area contributed by atoms with Crippen molar-refractivity contribution in [2.24, 2.45) is 0 Å². The number of aromatic nitrogens is 3. The average molecular weight is 712 g/mol. The van der Waals surface area contributed by atoms with Crippen molar-refractivity contribution in [3.05, 3.63) is 222 Å². The van der Waals surface area contributed by atoms with Gasteiger partial charge in [-0.15, -0.1) is 0 Å². The molecule has 1 spiro atoms. The largest absolute Gasteiger partial charge is 0.294 e. The average Bonchev–Trinajstić information content (AvgIpc) is 3.87. The Labute approximate surface area is 324 Å². The molecule has 0 saturated carbocycles. The summed E-state index contributed by atoms with van der Waals surface area (Å²) in [4.78, 5) is 10.6. The lowest BCUT2D eigenvalue weighted by atomic mass is 9.70. The molecular formula is C53H33N3. The molecule has 10 aromatic rings. The Bertz CT molecular complexity index is 3080. The lowest BCUT2D eigenvalue weighted by Crippen LogP contribution is -2.25. The zero-order valence-electron chi connectivity index (χ0n) is 30.4. The van der Waals surface area contributed by atoms with Crippen molar-refractivity contribution < 1.29 is 0 Å². The van der Waals surface area contributed by atoms with Gasteiger partial charge in [0.15, 0.2) is 5.82 Å². The molecule has 2 aliphatic rings. The van der Waals surface area contributed by atoms with E-state index in [1.165, 1.54) is 60.8 Å². The van der Waals surface area contributed by atoms with Gasteiger partial charge in [0.05, 0.1) is 22.1 Å². The van der Waals surface area contributed by atoms with Crippen LogP contribution in [-0.4, -0.2) is 14.5 Å². The van der Waals surface area contributed by atoms with Gasteiger partial charge in [-0.05, 0) is 73.8 Å². The molecule has 12 rings (SSSR count). The second-order valence-electron chi connectivity index (χ2n) is 14.9. The van der Waals surface area contributed by atoms with E-state index in [0.29, 0.717) is 5.82 Å². The monoisotopic (exact) mass is 711 g/mol. The highest BCUT2D eigenvalue weighted by Gasteiger charge is 2.51. The van der Waals surface area contributed by atoms with Crippen LogP contribution in [0.25, 0.3) is 83.6 Å². The maximum Gasteiger partial charge on any atom is 0.162 e. The fourth-order valence-electron chi connectivity index (χ4n) is 9.68. The van der Waals surface area contributed by atoms with Crippen LogP contribution in [0.3, 0.4) is 0 Å². The summed E-state index contributed by atoms with van der Waals surface area (Å²) in [6.07, 6.45) is 0. The first-order chi connectivity index (χ1) is 27.8. The standard InChI is InChI=1S/C53H33N3/c1-4-16-34(17-5-1)37-28-29-41-43-31-47-42(40-24-12-15-27-46(40)53(47)44-25-13-10-22-38(44)39-23-11-14-26-45(39)53)32-50(43)56(49(41)30-37)51-33-48(35-18-6-2-7-19-35)54-52(55-51)36-20-8-3-9-21-36/h1-33H. The summed E-state index contributed by atoms with van der Waals surface area (Å²) in [6, 6.07) is 72.5. The first-order valence-corrected chi connectivity index (χ1v) is 19.2. The van der Waals surface area contributed by atoms with Crippen LogP contribution < -0.4 is 0 Å².